The summed E-state index contributed by atoms with van der Waals surface area (Å²) in [4.78, 5) is 24.4. The van der Waals surface area contributed by atoms with Crippen LogP contribution in [0.1, 0.15) is 46.8 Å². The molecule has 1 rings (SSSR count). The molecule has 1 atom stereocenters. The van der Waals surface area contributed by atoms with Gasteiger partial charge in [0.15, 0.2) is 0 Å². The van der Waals surface area contributed by atoms with Crippen molar-refractivity contribution >= 4 is 23.2 Å². The van der Waals surface area contributed by atoms with Crippen molar-refractivity contribution in [1.29, 1.82) is 0 Å². The number of hydrogen-bond donors (Lipinski definition) is 2. The van der Waals surface area contributed by atoms with Crippen LogP contribution in [0.15, 0.2) is 6.07 Å². The number of carbonyl (C=O) groups excluding carboxylic acids is 1. The van der Waals surface area contributed by atoms with E-state index < -0.39 is 5.97 Å². The molecule has 0 aliphatic carbocycles. The van der Waals surface area contributed by atoms with Crippen molar-refractivity contribution in [3.05, 3.63) is 21.4 Å². The summed E-state index contributed by atoms with van der Waals surface area (Å²) in [5, 5.41) is 11.5. The Labute approximate surface area is 117 Å². The maximum absolute atomic E-state index is 12.0. The third kappa shape index (κ3) is 5.03. The van der Waals surface area contributed by atoms with Gasteiger partial charge in [0.1, 0.15) is 0 Å². The minimum absolute atomic E-state index is 0.0602. The number of thiophene rings is 1. The molecule has 19 heavy (non-hydrogen) atoms. The quantitative estimate of drug-likeness (QED) is 0.808. The lowest BCUT2D eigenvalue weighted by Crippen LogP contribution is -2.27. The first-order valence-corrected chi connectivity index (χ1v) is 7.35. The number of carboxylic acids is 1. The largest absolute Gasteiger partial charge is 0.481 e. The Morgan fingerprint density at radius 2 is 2.16 bits per heavy atom. The molecule has 1 unspecified atom stereocenters. The van der Waals surface area contributed by atoms with E-state index in [-0.39, 0.29) is 18.2 Å². The van der Waals surface area contributed by atoms with Gasteiger partial charge in [0.2, 0.25) is 0 Å². The third-order valence-corrected chi connectivity index (χ3v) is 4.41. The second-order valence-corrected chi connectivity index (χ2v) is 5.95. The first kappa shape index (κ1) is 15.7. The Bertz CT molecular complexity index is 454. The van der Waals surface area contributed by atoms with E-state index in [0.717, 1.165) is 16.9 Å². The zero-order chi connectivity index (χ0) is 14.4. The molecule has 1 aromatic rings. The fraction of sp³-hybridized carbons (Fsp3) is 0.571. The monoisotopic (exact) mass is 283 g/mol. The number of hydrogen-bond acceptors (Lipinski definition) is 3. The maximum Gasteiger partial charge on any atom is 0.303 e. The molecule has 0 aromatic carbocycles. The molecule has 2 N–H and O–H groups in total. The molecule has 1 heterocycles. The summed E-state index contributed by atoms with van der Waals surface area (Å²) >= 11 is 1.53. The number of nitrogens with one attached hydrogen (secondary N) is 1. The second kappa shape index (κ2) is 7.28. The van der Waals surface area contributed by atoms with Crippen LogP contribution in [-0.4, -0.2) is 23.5 Å². The van der Waals surface area contributed by atoms with Gasteiger partial charge in [-0.25, -0.2) is 0 Å². The lowest BCUT2D eigenvalue weighted by atomic mass is 10.1. The summed E-state index contributed by atoms with van der Waals surface area (Å²) in [5.74, 6) is -0.679. The molecule has 0 fully saturated rings. The van der Waals surface area contributed by atoms with E-state index in [1.54, 1.807) is 0 Å². The fourth-order valence-corrected chi connectivity index (χ4v) is 2.84. The first-order valence-electron chi connectivity index (χ1n) is 6.53. The molecule has 0 bridgehead atoms. The van der Waals surface area contributed by atoms with Crippen molar-refractivity contribution in [2.24, 2.45) is 5.92 Å². The van der Waals surface area contributed by atoms with Gasteiger partial charge in [0.25, 0.3) is 5.91 Å². The number of amides is 1. The standard InChI is InChI=1S/C14H21NO3S/c1-4-11-10(3)7-12(19-11)14(18)15-8-9(2)5-6-13(16)17/h7,9H,4-6,8H2,1-3H3,(H,15,18)(H,16,17). The molecular formula is C14H21NO3S. The molecule has 1 amide bonds. The molecule has 4 nitrogen and oxygen atoms in total. The van der Waals surface area contributed by atoms with Crippen molar-refractivity contribution in [2.75, 3.05) is 6.54 Å². The maximum atomic E-state index is 12.0. The zero-order valence-electron chi connectivity index (χ0n) is 11.7. The Morgan fingerprint density at radius 1 is 1.47 bits per heavy atom. The highest BCUT2D eigenvalue weighted by molar-refractivity contribution is 7.14. The van der Waals surface area contributed by atoms with Gasteiger partial charge in [0.05, 0.1) is 4.88 Å². The number of carbonyl (C=O) groups is 2. The number of aryl methyl sites for hydroxylation is 2. The molecule has 5 heteroatoms. The van der Waals surface area contributed by atoms with Crippen LogP contribution in [-0.2, 0) is 11.2 Å². The molecule has 106 valence electrons. The highest BCUT2D eigenvalue weighted by atomic mass is 32.1. The van der Waals surface area contributed by atoms with E-state index in [2.05, 4.69) is 12.2 Å². The normalized spacial score (nSPS) is 12.2. The summed E-state index contributed by atoms with van der Waals surface area (Å²) in [6.45, 7) is 6.56. The lowest BCUT2D eigenvalue weighted by Gasteiger charge is -2.10. The average Bonchev–Trinajstić information content (AvgIpc) is 2.74. The minimum atomic E-state index is -0.792. The predicted octanol–water partition coefficient (Wildman–Crippen LogP) is 2.85. The van der Waals surface area contributed by atoms with Crippen LogP contribution in [0.3, 0.4) is 0 Å². The fourth-order valence-electron chi connectivity index (χ4n) is 1.81. The van der Waals surface area contributed by atoms with Crippen molar-refractivity contribution in [3.63, 3.8) is 0 Å². The van der Waals surface area contributed by atoms with Gasteiger partial charge in [-0.05, 0) is 37.3 Å². The van der Waals surface area contributed by atoms with Crippen molar-refractivity contribution in [1.82, 2.24) is 5.32 Å². The first-order chi connectivity index (χ1) is 8.93. The van der Waals surface area contributed by atoms with Crippen LogP contribution in [0.2, 0.25) is 0 Å². The van der Waals surface area contributed by atoms with Crippen LogP contribution < -0.4 is 5.32 Å². The van der Waals surface area contributed by atoms with E-state index in [1.807, 2.05) is 19.9 Å². The SMILES string of the molecule is CCc1sc(C(=O)NCC(C)CCC(=O)O)cc1C. The van der Waals surface area contributed by atoms with Crippen LogP contribution in [0.5, 0.6) is 0 Å². The van der Waals surface area contributed by atoms with Gasteiger partial charge in [-0.3, -0.25) is 9.59 Å². The van der Waals surface area contributed by atoms with E-state index in [9.17, 15) is 9.59 Å². The van der Waals surface area contributed by atoms with Crippen molar-refractivity contribution < 1.29 is 14.7 Å². The zero-order valence-corrected chi connectivity index (χ0v) is 12.5. The molecule has 0 aliphatic heterocycles. The summed E-state index contributed by atoms with van der Waals surface area (Å²) in [6.07, 6.45) is 1.67. The second-order valence-electron chi connectivity index (χ2n) is 4.82. The van der Waals surface area contributed by atoms with Crippen LogP contribution in [0.25, 0.3) is 0 Å². The summed E-state index contributed by atoms with van der Waals surface area (Å²) in [5.41, 5.74) is 1.16. The molecular weight excluding hydrogens is 262 g/mol. The van der Waals surface area contributed by atoms with Crippen molar-refractivity contribution in [3.8, 4) is 0 Å². The van der Waals surface area contributed by atoms with Crippen LogP contribution in [0, 0.1) is 12.8 Å². The molecule has 0 saturated carbocycles. The van der Waals surface area contributed by atoms with Crippen LogP contribution in [0.4, 0.5) is 0 Å². The van der Waals surface area contributed by atoms with Crippen molar-refractivity contribution in [2.45, 2.75) is 40.0 Å². The minimum Gasteiger partial charge on any atom is -0.481 e. The summed E-state index contributed by atoms with van der Waals surface area (Å²) < 4.78 is 0. The number of aliphatic carboxylic acids is 1. The van der Waals surface area contributed by atoms with Gasteiger partial charge < -0.3 is 10.4 Å². The highest BCUT2D eigenvalue weighted by Crippen LogP contribution is 2.22. The Balaban J connectivity index is 2.44. The number of carboxylic acid groups (broad SMARTS) is 1. The van der Waals surface area contributed by atoms with Gasteiger partial charge in [0, 0.05) is 17.8 Å². The molecule has 1 aromatic heterocycles. The van der Waals surface area contributed by atoms with Crippen LogP contribution >= 0.6 is 11.3 Å². The third-order valence-electron chi connectivity index (χ3n) is 3.03. The average molecular weight is 283 g/mol. The molecule has 0 saturated heterocycles. The number of rotatable bonds is 7. The summed E-state index contributed by atoms with van der Waals surface area (Å²) in [7, 11) is 0. The molecule has 0 spiro atoms. The predicted molar refractivity (Wildman–Crippen MR) is 76.8 cm³/mol. The van der Waals surface area contributed by atoms with E-state index in [4.69, 9.17) is 5.11 Å². The topological polar surface area (TPSA) is 66.4 Å². The Hall–Kier alpha value is -1.36. The van der Waals surface area contributed by atoms with Gasteiger partial charge in [-0.2, -0.15) is 0 Å². The Kier molecular flexibility index (Phi) is 6.02. The smallest absolute Gasteiger partial charge is 0.303 e. The van der Waals surface area contributed by atoms with Gasteiger partial charge in [-0.15, -0.1) is 11.3 Å². The van der Waals surface area contributed by atoms with E-state index >= 15 is 0 Å². The molecule has 0 aliphatic rings. The lowest BCUT2D eigenvalue weighted by molar-refractivity contribution is -0.137. The van der Waals surface area contributed by atoms with Gasteiger partial charge >= 0.3 is 5.97 Å². The van der Waals surface area contributed by atoms with E-state index in [0.29, 0.717) is 13.0 Å². The molecule has 0 radical (unpaired) electrons. The highest BCUT2D eigenvalue weighted by Gasteiger charge is 2.13. The van der Waals surface area contributed by atoms with Gasteiger partial charge in [-0.1, -0.05) is 13.8 Å². The Morgan fingerprint density at radius 3 is 2.68 bits per heavy atom. The van der Waals surface area contributed by atoms with E-state index in [1.165, 1.54) is 16.2 Å². The summed E-state index contributed by atoms with van der Waals surface area (Å²) in [6, 6.07) is 1.92.